The van der Waals surface area contributed by atoms with Crippen LogP contribution < -0.4 is 0 Å². The van der Waals surface area contributed by atoms with Gasteiger partial charge in [0.1, 0.15) is 0 Å². The number of thiophene rings is 2. The van der Waals surface area contributed by atoms with E-state index in [9.17, 15) is 0 Å². The molecule has 89 heavy (non-hydrogen) atoms. The molecular weight excluding hydrogens is 1110 g/mol. The molecule has 0 amide bonds. The number of nitrogens with zero attached hydrogens (tertiary/aromatic N) is 1. The van der Waals surface area contributed by atoms with Gasteiger partial charge in [-0.1, -0.05) is 249 Å². The lowest BCUT2D eigenvalue weighted by atomic mass is 9.86. The van der Waals surface area contributed by atoms with Crippen molar-refractivity contribution in [3.63, 3.8) is 0 Å². The summed E-state index contributed by atoms with van der Waals surface area (Å²) in [5.74, 6) is 0. The summed E-state index contributed by atoms with van der Waals surface area (Å²) in [7, 11) is 0. The van der Waals surface area contributed by atoms with Crippen LogP contribution in [0.15, 0.2) is 322 Å². The van der Waals surface area contributed by atoms with Crippen molar-refractivity contribution in [3.8, 4) is 94.7 Å². The molecular formula is C86H53NS2. The molecule has 3 heterocycles. The van der Waals surface area contributed by atoms with Gasteiger partial charge in [0.15, 0.2) is 0 Å². The summed E-state index contributed by atoms with van der Waals surface area (Å²) in [5, 5.41) is 12.5. The number of hydrogen-bond donors (Lipinski definition) is 0. The van der Waals surface area contributed by atoms with Gasteiger partial charge >= 0.3 is 0 Å². The number of fused-ring (bicyclic) bond motifs is 11. The van der Waals surface area contributed by atoms with Crippen LogP contribution in [-0.2, 0) is 0 Å². The van der Waals surface area contributed by atoms with E-state index in [1.807, 2.05) is 22.7 Å². The van der Waals surface area contributed by atoms with Crippen LogP contribution in [0.3, 0.4) is 0 Å². The summed E-state index contributed by atoms with van der Waals surface area (Å²) in [6, 6.07) is 120. The third kappa shape index (κ3) is 8.57. The lowest BCUT2D eigenvalue weighted by molar-refractivity contribution is 1.18. The third-order valence-electron chi connectivity index (χ3n) is 18.3. The Labute approximate surface area is 523 Å². The second-order valence-electron chi connectivity index (χ2n) is 23.4. The van der Waals surface area contributed by atoms with Gasteiger partial charge in [0.05, 0.1) is 11.0 Å². The van der Waals surface area contributed by atoms with Gasteiger partial charge in [-0.3, -0.25) is 0 Å². The van der Waals surface area contributed by atoms with E-state index in [2.05, 4.69) is 326 Å². The first kappa shape index (κ1) is 51.3. The maximum atomic E-state index is 2.56. The van der Waals surface area contributed by atoms with Crippen molar-refractivity contribution in [2.24, 2.45) is 0 Å². The van der Waals surface area contributed by atoms with Crippen molar-refractivity contribution in [1.29, 1.82) is 0 Å². The van der Waals surface area contributed by atoms with Crippen molar-refractivity contribution < 1.29 is 0 Å². The number of hydrogen-bond acceptors (Lipinski definition) is 2. The fourth-order valence-electron chi connectivity index (χ4n) is 14.2. The lowest BCUT2D eigenvalue weighted by Crippen LogP contribution is -1.96. The van der Waals surface area contributed by atoms with Crippen LogP contribution >= 0.6 is 22.7 Å². The summed E-state index contributed by atoms with van der Waals surface area (Å²) < 4.78 is 7.70. The maximum absolute atomic E-state index is 2.56. The van der Waals surface area contributed by atoms with Crippen LogP contribution in [0.5, 0.6) is 0 Å². The minimum absolute atomic E-state index is 1.11. The standard InChI is InChI=1S/C86H53NS2/c1-6-21-54(22-7-1)59-39-43-81-75(46-59)77-50-64(56-25-10-3-11-26-56)48-73(85(77)88-81)61-37-41-67-68-42-38-62(74-49-65(57-27-12-4-13-28-57)51-78-76-47-60(55-23-8-2-9-24-55)40-44-82(76)89-86(74)78)53-80(68)87(79(67)52-61)66-32-20-31-63(45-66)84-71-35-18-16-33-69(71)83(58-29-14-5-15-30-58)70-34-17-19-36-72(70)84/h1-53H. The van der Waals surface area contributed by atoms with Crippen molar-refractivity contribution in [1.82, 2.24) is 4.57 Å². The summed E-state index contributed by atoms with van der Waals surface area (Å²) in [6.45, 7) is 0. The van der Waals surface area contributed by atoms with Crippen LogP contribution in [0.1, 0.15) is 0 Å². The number of benzene rings is 15. The SMILES string of the molecule is c1ccc(-c2ccc3sc4c(-c5ccc6c7ccc(-c8cc(-c9ccccc9)cc9c8sc8ccc(-c%10ccccc%10)cc89)cc7n(-c7cccc(-c8c9ccccc9c(-c9ccccc9)c9ccccc89)c7)c6c5)cc(-c5ccccc5)cc4c3c2)cc1. The summed E-state index contributed by atoms with van der Waals surface area (Å²) >= 11 is 3.80. The highest BCUT2D eigenvalue weighted by atomic mass is 32.1. The van der Waals surface area contributed by atoms with Gasteiger partial charge in [0, 0.05) is 67.9 Å². The molecule has 0 saturated carbocycles. The molecule has 0 atom stereocenters. The zero-order valence-corrected chi connectivity index (χ0v) is 50.0. The molecule has 3 aromatic heterocycles. The molecule has 0 aliphatic rings. The smallest absolute Gasteiger partial charge is 0.0547 e. The second kappa shape index (κ2) is 20.9. The van der Waals surface area contributed by atoms with Crippen molar-refractivity contribution in [3.05, 3.63) is 322 Å². The molecule has 0 fully saturated rings. The summed E-state index contributed by atoms with van der Waals surface area (Å²) in [5.41, 5.74) is 22.8. The topological polar surface area (TPSA) is 4.93 Å². The monoisotopic (exact) mass is 1160 g/mol. The minimum Gasteiger partial charge on any atom is -0.309 e. The number of aromatic nitrogens is 1. The molecule has 0 spiro atoms. The highest BCUT2D eigenvalue weighted by molar-refractivity contribution is 7.26. The molecule has 3 heteroatoms. The summed E-state index contributed by atoms with van der Waals surface area (Å²) in [4.78, 5) is 0. The molecule has 0 N–H and O–H groups in total. The van der Waals surface area contributed by atoms with Crippen molar-refractivity contribution in [2.45, 2.75) is 0 Å². The Hall–Kier alpha value is -10.9. The predicted octanol–water partition coefficient (Wildman–Crippen LogP) is 25.2. The van der Waals surface area contributed by atoms with Crippen molar-refractivity contribution >= 4 is 106 Å². The van der Waals surface area contributed by atoms with E-state index in [0.717, 1.165) is 16.7 Å². The van der Waals surface area contributed by atoms with Gasteiger partial charge in [0.25, 0.3) is 0 Å². The lowest BCUT2D eigenvalue weighted by Gasteiger charge is -2.18. The van der Waals surface area contributed by atoms with Gasteiger partial charge in [-0.2, -0.15) is 0 Å². The molecule has 414 valence electrons. The fourth-order valence-corrected chi connectivity index (χ4v) is 16.6. The Morgan fingerprint density at radius 1 is 0.191 bits per heavy atom. The van der Waals surface area contributed by atoms with E-state index in [1.54, 1.807) is 0 Å². The Kier molecular flexibility index (Phi) is 12.0. The minimum atomic E-state index is 1.11. The Balaban J connectivity index is 0.900. The zero-order valence-electron chi connectivity index (χ0n) is 48.4. The number of rotatable bonds is 9. The van der Waals surface area contributed by atoms with Gasteiger partial charge < -0.3 is 4.57 Å². The molecule has 1 nitrogen and oxygen atoms in total. The summed E-state index contributed by atoms with van der Waals surface area (Å²) in [6.07, 6.45) is 0. The van der Waals surface area contributed by atoms with Crippen LogP contribution in [-0.4, -0.2) is 4.57 Å². The van der Waals surface area contributed by atoms with E-state index in [-0.39, 0.29) is 0 Å². The van der Waals surface area contributed by atoms with Crippen LogP contribution in [0, 0.1) is 0 Å². The highest BCUT2D eigenvalue weighted by Crippen LogP contribution is 2.50. The molecule has 0 saturated heterocycles. The molecule has 0 radical (unpaired) electrons. The van der Waals surface area contributed by atoms with E-state index >= 15 is 0 Å². The first-order chi connectivity index (χ1) is 44.1. The van der Waals surface area contributed by atoms with Gasteiger partial charge in [-0.25, -0.2) is 0 Å². The van der Waals surface area contributed by atoms with Gasteiger partial charge in [0.2, 0.25) is 0 Å². The fraction of sp³-hybridized carbons (Fsp3) is 0. The first-order valence-corrected chi connectivity index (χ1v) is 32.2. The average molecular weight is 1160 g/mol. The quantitative estimate of drug-likeness (QED) is 0.127. The third-order valence-corrected chi connectivity index (χ3v) is 20.8. The van der Waals surface area contributed by atoms with Crippen LogP contribution in [0.2, 0.25) is 0 Å². The normalized spacial score (nSPS) is 11.8. The van der Waals surface area contributed by atoms with Crippen LogP contribution in [0.25, 0.3) is 178 Å². The molecule has 18 aromatic rings. The van der Waals surface area contributed by atoms with Gasteiger partial charge in [-0.05, 0) is 172 Å². The second-order valence-corrected chi connectivity index (χ2v) is 25.6. The average Bonchev–Trinajstić information content (AvgIpc) is 1.86. The highest BCUT2D eigenvalue weighted by Gasteiger charge is 2.23. The Morgan fingerprint density at radius 2 is 0.539 bits per heavy atom. The van der Waals surface area contributed by atoms with E-state index in [1.165, 1.54) is 162 Å². The maximum Gasteiger partial charge on any atom is 0.0547 e. The Morgan fingerprint density at radius 3 is 0.966 bits per heavy atom. The first-order valence-electron chi connectivity index (χ1n) is 30.5. The molecule has 15 aromatic carbocycles. The van der Waals surface area contributed by atoms with Crippen molar-refractivity contribution in [2.75, 3.05) is 0 Å². The molecule has 0 aliphatic carbocycles. The molecule has 0 unspecified atom stereocenters. The Bertz CT molecular complexity index is 5500. The molecule has 0 bridgehead atoms. The zero-order chi connectivity index (χ0) is 58.5. The van der Waals surface area contributed by atoms with E-state index in [4.69, 9.17) is 0 Å². The largest absolute Gasteiger partial charge is 0.309 e. The molecule has 0 aliphatic heterocycles. The van der Waals surface area contributed by atoms with Crippen LogP contribution in [0.4, 0.5) is 0 Å². The van der Waals surface area contributed by atoms with Gasteiger partial charge in [-0.15, -0.1) is 22.7 Å². The van der Waals surface area contributed by atoms with E-state index < -0.39 is 0 Å². The predicted molar refractivity (Wildman–Crippen MR) is 385 cm³/mol. The van der Waals surface area contributed by atoms with E-state index in [0.29, 0.717) is 0 Å². The molecule has 18 rings (SSSR count).